The van der Waals surface area contributed by atoms with E-state index in [1.807, 2.05) is 0 Å². The minimum Gasteiger partial charge on any atom is -0.379 e. The van der Waals surface area contributed by atoms with Gasteiger partial charge < -0.3 is 20.1 Å². The third-order valence-corrected chi connectivity index (χ3v) is 6.24. The van der Waals surface area contributed by atoms with Crippen molar-refractivity contribution >= 4 is 29.9 Å². The summed E-state index contributed by atoms with van der Waals surface area (Å²) in [5.41, 5.74) is 2.62. The topological polar surface area (TPSA) is 61.4 Å². The first kappa shape index (κ1) is 28.3. The number of halogens is 1. The molecule has 0 amide bonds. The third kappa shape index (κ3) is 9.32. The molecule has 2 unspecified atom stereocenters. The Hall–Kier alpha value is -0.940. The Bertz CT molecular complexity index is 712. The van der Waals surface area contributed by atoms with Gasteiger partial charge >= 0.3 is 0 Å². The number of hydrogen-bond donors (Lipinski definition) is 2. The predicted octanol–water partition coefficient (Wildman–Crippen LogP) is 3.08. The molecule has 2 N–H and O–H groups in total. The lowest BCUT2D eigenvalue weighted by Gasteiger charge is -2.41. The van der Waals surface area contributed by atoms with Crippen molar-refractivity contribution in [2.75, 3.05) is 52.5 Å². The lowest BCUT2D eigenvalue weighted by atomic mass is 10.0. The summed E-state index contributed by atoms with van der Waals surface area (Å²) in [5, 5.41) is 6.92. The van der Waals surface area contributed by atoms with Crippen molar-refractivity contribution in [3.8, 4) is 0 Å². The third-order valence-electron chi connectivity index (χ3n) is 6.24. The van der Waals surface area contributed by atoms with Gasteiger partial charge in [0.2, 0.25) is 0 Å². The number of aliphatic imine (C=N–C) groups is 1. The molecule has 2 heterocycles. The van der Waals surface area contributed by atoms with Crippen molar-refractivity contribution in [1.82, 2.24) is 20.4 Å². The highest BCUT2D eigenvalue weighted by atomic mass is 127. The fraction of sp³-hybridized carbons (Fsp3) is 0.720. The van der Waals surface area contributed by atoms with Gasteiger partial charge in [-0.2, -0.15) is 0 Å². The van der Waals surface area contributed by atoms with Gasteiger partial charge in [0, 0.05) is 51.4 Å². The SMILES string of the molecule is CCNC(=NCc1ccc(CN2CC(C)OC(C)C2)cc1)NCC(C)(C)N1CCOCC1.I. The maximum absolute atomic E-state index is 5.85. The number of ether oxygens (including phenoxy) is 2. The fourth-order valence-corrected chi connectivity index (χ4v) is 4.51. The Kier molecular flexibility index (Phi) is 11.9. The van der Waals surface area contributed by atoms with E-state index in [1.54, 1.807) is 0 Å². The molecular formula is C25H44IN5O2. The summed E-state index contributed by atoms with van der Waals surface area (Å²) in [6.07, 6.45) is 0.607. The number of nitrogens with zero attached hydrogens (tertiary/aromatic N) is 3. The Morgan fingerprint density at radius 2 is 1.64 bits per heavy atom. The Morgan fingerprint density at radius 3 is 2.24 bits per heavy atom. The molecule has 2 saturated heterocycles. The molecule has 7 nitrogen and oxygen atoms in total. The highest BCUT2D eigenvalue weighted by Gasteiger charge is 2.28. The molecule has 8 heteroatoms. The standard InChI is InChI=1S/C25H43N5O2.HI/c1-6-26-24(28-19-25(4,5)30-11-13-31-14-12-30)27-15-22-7-9-23(10-8-22)18-29-16-20(2)32-21(3)17-29;/h7-10,20-21H,6,11-19H2,1-5H3,(H2,26,27,28);1H. The van der Waals surface area contributed by atoms with E-state index in [-0.39, 0.29) is 29.5 Å². The zero-order valence-electron chi connectivity index (χ0n) is 21.1. The minimum absolute atomic E-state index is 0. The normalized spacial score (nSPS) is 23.1. The molecule has 2 fully saturated rings. The van der Waals surface area contributed by atoms with Gasteiger partial charge in [0.15, 0.2) is 5.96 Å². The van der Waals surface area contributed by atoms with Crippen molar-refractivity contribution in [3.63, 3.8) is 0 Å². The van der Waals surface area contributed by atoms with E-state index in [1.165, 1.54) is 11.1 Å². The Balaban J connectivity index is 0.00000385. The maximum Gasteiger partial charge on any atom is 0.191 e. The molecule has 0 spiro atoms. The molecule has 1 aromatic carbocycles. The van der Waals surface area contributed by atoms with Crippen molar-refractivity contribution in [2.45, 2.75) is 65.5 Å². The molecule has 0 saturated carbocycles. The van der Waals surface area contributed by atoms with E-state index in [9.17, 15) is 0 Å². The van der Waals surface area contributed by atoms with Crippen molar-refractivity contribution in [1.29, 1.82) is 0 Å². The van der Waals surface area contributed by atoms with Crippen LogP contribution in [0.5, 0.6) is 0 Å². The first-order chi connectivity index (χ1) is 15.4. The van der Waals surface area contributed by atoms with E-state index >= 15 is 0 Å². The summed E-state index contributed by atoms with van der Waals surface area (Å²) in [6, 6.07) is 8.87. The molecule has 2 aliphatic rings. The van der Waals surface area contributed by atoms with Crippen LogP contribution in [0.4, 0.5) is 0 Å². The maximum atomic E-state index is 5.85. The van der Waals surface area contributed by atoms with Gasteiger partial charge in [-0.05, 0) is 45.7 Å². The van der Waals surface area contributed by atoms with Crippen LogP contribution in [0.3, 0.4) is 0 Å². The minimum atomic E-state index is 0. The Morgan fingerprint density at radius 1 is 1.03 bits per heavy atom. The number of benzene rings is 1. The van der Waals surface area contributed by atoms with Crippen LogP contribution in [0.1, 0.15) is 45.7 Å². The summed E-state index contributed by atoms with van der Waals surface area (Å²) in [4.78, 5) is 9.79. The molecular weight excluding hydrogens is 529 g/mol. The Labute approximate surface area is 217 Å². The van der Waals surface area contributed by atoms with Gasteiger partial charge in [0.05, 0.1) is 32.0 Å². The summed E-state index contributed by atoms with van der Waals surface area (Å²) in [5.74, 6) is 0.870. The predicted molar refractivity (Wildman–Crippen MR) is 146 cm³/mol. The number of guanidine groups is 1. The van der Waals surface area contributed by atoms with Crippen LogP contribution in [-0.2, 0) is 22.6 Å². The largest absolute Gasteiger partial charge is 0.379 e. The fourth-order valence-electron chi connectivity index (χ4n) is 4.51. The van der Waals surface area contributed by atoms with Crippen molar-refractivity contribution in [3.05, 3.63) is 35.4 Å². The summed E-state index contributed by atoms with van der Waals surface area (Å²) < 4.78 is 11.3. The van der Waals surface area contributed by atoms with E-state index in [0.29, 0.717) is 18.8 Å². The van der Waals surface area contributed by atoms with Gasteiger partial charge in [-0.25, -0.2) is 4.99 Å². The molecule has 2 aliphatic heterocycles. The van der Waals surface area contributed by atoms with Gasteiger partial charge in [-0.15, -0.1) is 24.0 Å². The van der Waals surface area contributed by atoms with Crippen LogP contribution in [0.2, 0.25) is 0 Å². The molecule has 3 rings (SSSR count). The second-order valence-corrected chi connectivity index (χ2v) is 9.73. The molecule has 188 valence electrons. The summed E-state index contributed by atoms with van der Waals surface area (Å²) in [6.45, 7) is 19.9. The van der Waals surface area contributed by atoms with Crippen LogP contribution in [-0.4, -0.2) is 86.0 Å². The number of morpholine rings is 2. The number of nitrogens with one attached hydrogen (secondary N) is 2. The molecule has 1 aromatic rings. The van der Waals surface area contributed by atoms with Gasteiger partial charge in [-0.1, -0.05) is 24.3 Å². The lowest BCUT2D eigenvalue weighted by Crippen LogP contribution is -2.56. The molecule has 33 heavy (non-hydrogen) atoms. The van der Waals surface area contributed by atoms with Crippen molar-refractivity contribution in [2.24, 2.45) is 4.99 Å². The van der Waals surface area contributed by atoms with Crippen molar-refractivity contribution < 1.29 is 9.47 Å². The van der Waals surface area contributed by atoms with Crippen LogP contribution >= 0.6 is 24.0 Å². The van der Waals surface area contributed by atoms with E-state index in [2.05, 4.69) is 79.3 Å². The highest BCUT2D eigenvalue weighted by Crippen LogP contribution is 2.16. The molecule has 0 bridgehead atoms. The number of hydrogen-bond acceptors (Lipinski definition) is 5. The van der Waals surface area contributed by atoms with E-state index < -0.39 is 0 Å². The van der Waals surface area contributed by atoms with E-state index in [4.69, 9.17) is 14.5 Å². The van der Waals surface area contributed by atoms with Crippen LogP contribution in [0.25, 0.3) is 0 Å². The van der Waals surface area contributed by atoms with Crippen LogP contribution in [0.15, 0.2) is 29.3 Å². The average molecular weight is 574 g/mol. The smallest absolute Gasteiger partial charge is 0.191 e. The van der Waals surface area contributed by atoms with Gasteiger partial charge in [0.25, 0.3) is 0 Å². The molecule has 0 aliphatic carbocycles. The first-order valence-electron chi connectivity index (χ1n) is 12.2. The second-order valence-electron chi connectivity index (χ2n) is 9.73. The quantitative estimate of drug-likeness (QED) is 0.283. The van der Waals surface area contributed by atoms with Gasteiger partial charge in [0.1, 0.15) is 0 Å². The first-order valence-corrected chi connectivity index (χ1v) is 12.2. The van der Waals surface area contributed by atoms with E-state index in [0.717, 1.165) is 65.0 Å². The molecule has 0 radical (unpaired) electrons. The lowest BCUT2D eigenvalue weighted by molar-refractivity contribution is -0.0704. The van der Waals surface area contributed by atoms with Gasteiger partial charge in [-0.3, -0.25) is 9.80 Å². The molecule has 2 atom stereocenters. The summed E-state index contributed by atoms with van der Waals surface area (Å²) >= 11 is 0. The average Bonchev–Trinajstić information content (AvgIpc) is 2.76. The second kappa shape index (κ2) is 13.8. The molecule has 0 aromatic heterocycles. The monoisotopic (exact) mass is 573 g/mol. The number of rotatable bonds is 8. The van der Waals surface area contributed by atoms with Crippen LogP contribution < -0.4 is 10.6 Å². The highest BCUT2D eigenvalue weighted by molar-refractivity contribution is 14.0. The summed E-state index contributed by atoms with van der Waals surface area (Å²) in [7, 11) is 0. The van der Waals surface area contributed by atoms with Crippen LogP contribution in [0, 0.1) is 0 Å². The zero-order chi connectivity index (χ0) is 23.0. The zero-order valence-corrected chi connectivity index (χ0v) is 23.4.